The maximum Gasteiger partial charge on any atom is 0.224 e. The number of carbonyl (C=O) groups is 1. The van der Waals surface area contributed by atoms with E-state index < -0.39 is 0 Å². The third-order valence-corrected chi connectivity index (χ3v) is 5.76. The zero-order chi connectivity index (χ0) is 15.8. The van der Waals surface area contributed by atoms with Gasteiger partial charge in [0.2, 0.25) is 5.91 Å². The van der Waals surface area contributed by atoms with Crippen LogP contribution in [0.15, 0.2) is 12.1 Å². The monoisotopic (exact) mass is 335 g/mol. The Balaban J connectivity index is 1.43. The lowest BCUT2D eigenvalue weighted by molar-refractivity contribution is -0.117. The minimum atomic E-state index is 0.0546. The summed E-state index contributed by atoms with van der Waals surface area (Å²) in [6.45, 7) is 1.24. The number of nitrogens with one attached hydrogen (secondary N) is 1. The first-order valence-corrected chi connectivity index (χ1v) is 8.96. The number of benzene rings is 1. The van der Waals surface area contributed by atoms with Crippen molar-refractivity contribution < 1.29 is 14.3 Å². The SMILES string of the molecule is O=C(CC1CC2CCC1C2)Nc1cc2c(cc1Cl)OCCCO2. The molecule has 2 aliphatic carbocycles. The fourth-order valence-electron chi connectivity index (χ4n) is 4.35. The Kier molecular flexibility index (Phi) is 4.10. The molecule has 2 fully saturated rings. The first kappa shape index (κ1) is 15.1. The molecule has 1 heterocycles. The van der Waals surface area contributed by atoms with Gasteiger partial charge < -0.3 is 14.8 Å². The molecule has 5 heteroatoms. The van der Waals surface area contributed by atoms with Crippen LogP contribution in [-0.2, 0) is 4.79 Å². The summed E-state index contributed by atoms with van der Waals surface area (Å²) in [4.78, 5) is 12.4. The Bertz CT molecular complexity index is 619. The second kappa shape index (κ2) is 6.23. The quantitative estimate of drug-likeness (QED) is 0.897. The van der Waals surface area contributed by atoms with E-state index in [0.717, 1.165) is 18.3 Å². The van der Waals surface area contributed by atoms with Gasteiger partial charge in [0.05, 0.1) is 23.9 Å². The second-order valence-electron chi connectivity index (χ2n) is 7.02. The van der Waals surface area contributed by atoms with Crippen LogP contribution < -0.4 is 14.8 Å². The van der Waals surface area contributed by atoms with E-state index in [0.29, 0.717) is 47.8 Å². The molecule has 1 amide bonds. The van der Waals surface area contributed by atoms with E-state index in [1.165, 1.54) is 25.7 Å². The van der Waals surface area contributed by atoms with Gasteiger partial charge in [-0.3, -0.25) is 4.79 Å². The van der Waals surface area contributed by atoms with Gasteiger partial charge in [0.1, 0.15) is 0 Å². The summed E-state index contributed by atoms with van der Waals surface area (Å²) in [6, 6.07) is 3.51. The van der Waals surface area contributed by atoms with Gasteiger partial charge in [-0.2, -0.15) is 0 Å². The molecule has 0 radical (unpaired) electrons. The Morgan fingerprint density at radius 3 is 2.65 bits per heavy atom. The van der Waals surface area contributed by atoms with Crippen molar-refractivity contribution in [3.05, 3.63) is 17.2 Å². The average molecular weight is 336 g/mol. The largest absolute Gasteiger partial charge is 0.490 e. The molecular weight excluding hydrogens is 314 g/mol. The van der Waals surface area contributed by atoms with E-state index in [4.69, 9.17) is 21.1 Å². The van der Waals surface area contributed by atoms with Crippen molar-refractivity contribution in [3.63, 3.8) is 0 Å². The minimum absolute atomic E-state index is 0.0546. The molecule has 2 saturated carbocycles. The maximum absolute atomic E-state index is 12.4. The molecule has 3 unspecified atom stereocenters. The maximum atomic E-state index is 12.4. The van der Waals surface area contributed by atoms with Crippen molar-refractivity contribution in [3.8, 4) is 11.5 Å². The smallest absolute Gasteiger partial charge is 0.224 e. The molecule has 4 rings (SSSR count). The Labute approximate surface area is 141 Å². The van der Waals surface area contributed by atoms with Gasteiger partial charge in [-0.15, -0.1) is 0 Å². The zero-order valence-corrected chi connectivity index (χ0v) is 13.9. The van der Waals surface area contributed by atoms with Crippen LogP contribution in [0.5, 0.6) is 11.5 Å². The van der Waals surface area contributed by atoms with Crippen molar-refractivity contribution in [2.45, 2.75) is 38.5 Å². The van der Waals surface area contributed by atoms with Crippen LogP contribution in [-0.4, -0.2) is 19.1 Å². The fourth-order valence-corrected chi connectivity index (χ4v) is 4.55. The lowest BCUT2D eigenvalue weighted by atomic mass is 9.86. The molecule has 1 aromatic carbocycles. The standard InChI is InChI=1S/C18H22ClNO3/c19-14-9-16-17(23-5-1-4-22-16)10-15(14)20-18(21)8-13-7-11-2-3-12(13)6-11/h9-13H,1-8H2,(H,20,21). The predicted molar refractivity (Wildman–Crippen MR) is 89.2 cm³/mol. The van der Waals surface area contributed by atoms with Gasteiger partial charge in [-0.05, 0) is 37.0 Å². The minimum Gasteiger partial charge on any atom is -0.490 e. The van der Waals surface area contributed by atoms with Crippen molar-refractivity contribution in [1.29, 1.82) is 0 Å². The van der Waals surface area contributed by atoms with Crippen LogP contribution in [0.1, 0.15) is 38.5 Å². The van der Waals surface area contributed by atoms with Crippen LogP contribution in [0, 0.1) is 17.8 Å². The van der Waals surface area contributed by atoms with E-state index in [1.807, 2.05) is 0 Å². The molecule has 1 N–H and O–H groups in total. The number of amides is 1. The number of halogens is 1. The second-order valence-corrected chi connectivity index (χ2v) is 7.42. The molecule has 1 aliphatic heterocycles. The summed E-state index contributed by atoms with van der Waals surface area (Å²) in [5, 5.41) is 3.46. The van der Waals surface area contributed by atoms with Gasteiger partial charge in [0, 0.05) is 25.0 Å². The molecule has 3 aliphatic rings. The fraction of sp³-hybridized carbons (Fsp3) is 0.611. The summed E-state index contributed by atoms with van der Waals surface area (Å²) in [6.07, 6.45) is 6.64. The molecule has 23 heavy (non-hydrogen) atoms. The topological polar surface area (TPSA) is 47.6 Å². The van der Waals surface area contributed by atoms with Crippen molar-refractivity contribution in [1.82, 2.24) is 0 Å². The summed E-state index contributed by atoms with van der Waals surface area (Å²) >= 11 is 6.29. The third kappa shape index (κ3) is 3.14. The van der Waals surface area contributed by atoms with Crippen LogP contribution in [0.4, 0.5) is 5.69 Å². The van der Waals surface area contributed by atoms with Crippen molar-refractivity contribution >= 4 is 23.2 Å². The van der Waals surface area contributed by atoms with Crippen molar-refractivity contribution in [2.24, 2.45) is 17.8 Å². The average Bonchev–Trinajstić information content (AvgIpc) is 3.06. The Morgan fingerprint density at radius 1 is 1.17 bits per heavy atom. The number of ether oxygens (including phenoxy) is 2. The Morgan fingerprint density at radius 2 is 1.96 bits per heavy atom. The van der Waals surface area contributed by atoms with Crippen LogP contribution >= 0.6 is 11.6 Å². The molecule has 3 atom stereocenters. The highest BCUT2D eigenvalue weighted by Gasteiger charge is 2.40. The van der Waals surface area contributed by atoms with Gasteiger partial charge in [-0.1, -0.05) is 18.0 Å². The number of rotatable bonds is 3. The number of hydrogen-bond acceptors (Lipinski definition) is 3. The number of fused-ring (bicyclic) bond motifs is 3. The molecule has 124 valence electrons. The zero-order valence-electron chi connectivity index (χ0n) is 13.1. The molecular formula is C18H22ClNO3. The third-order valence-electron chi connectivity index (χ3n) is 5.44. The molecule has 0 aromatic heterocycles. The number of carbonyl (C=O) groups excluding carboxylic acids is 1. The van der Waals surface area contributed by atoms with Gasteiger partial charge >= 0.3 is 0 Å². The van der Waals surface area contributed by atoms with Gasteiger partial charge in [0.15, 0.2) is 11.5 Å². The van der Waals surface area contributed by atoms with E-state index in [2.05, 4.69) is 5.32 Å². The van der Waals surface area contributed by atoms with Gasteiger partial charge in [0.25, 0.3) is 0 Å². The highest BCUT2D eigenvalue weighted by Crippen LogP contribution is 2.49. The van der Waals surface area contributed by atoms with E-state index in [-0.39, 0.29) is 5.91 Å². The summed E-state index contributed by atoms with van der Waals surface area (Å²) in [7, 11) is 0. The number of hydrogen-bond donors (Lipinski definition) is 1. The van der Waals surface area contributed by atoms with Crippen molar-refractivity contribution in [2.75, 3.05) is 18.5 Å². The Hall–Kier alpha value is -1.42. The summed E-state index contributed by atoms with van der Waals surface area (Å²) in [5.41, 5.74) is 0.615. The molecule has 2 bridgehead atoms. The van der Waals surface area contributed by atoms with Crippen LogP contribution in [0.2, 0.25) is 5.02 Å². The lowest BCUT2D eigenvalue weighted by Crippen LogP contribution is -2.20. The van der Waals surface area contributed by atoms with Gasteiger partial charge in [-0.25, -0.2) is 0 Å². The summed E-state index contributed by atoms with van der Waals surface area (Å²) in [5.74, 6) is 3.53. The van der Waals surface area contributed by atoms with E-state index >= 15 is 0 Å². The predicted octanol–water partition coefficient (Wildman–Crippen LogP) is 4.27. The normalized spacial score (nSPS) is 28.5. The highest BCUT2D eigenvalue weighted by molar-refractivity contribution is 6.34. The number of anilines is 1. The van der Waals surface area contributed by atoms with E-state index in [1.54, 1.807) is 12.1 Å². The molecule has 0 spiro atoms. The molecule has 0 saturated heterocycles. The lowest BCUT2D eigenvalue weighted by Gasteiger charge is -2.21. The highest BCUT2D eigenvalue weighted by atomic mass is 35.5. The van der Waals surface area contributed by atoms with Crippen LogP contribution in [0.3, 0.4) is 0 Å². The summed E-state index contributed by atoms with van der Waals surface area (Å²) < 4.78 is 11.3. The molecule has 4 nitrogen and oxygen atoms in total. The van der Waals surface area contributed by atoms with E-state index in [9.17, 15) is 4.79 Å². The molecule has 1 aromatic rings. The first-order valence-electron chi connectivity index (χ1n) is 8.58. The van der Waals surface area contributed by atoms with Crippen LogP contribution in [0.25, 0.3) is 0 Å². The first-order chi connectivity index (χ1) is 11.2.